The van der Waals surface area contributed by atoms with E-state index < -0.39 is 5.97 Å². The number of hydrogen-bond donors (Lipinski definition) is 1. The SMILES string of the molecule is CCOc1ccc(C(=O)Oc2ccccc2NC(=O)CC)cc1. The minimum absolute atomic E-state index is 0.144. The van der Waals surface area contributed by atoms with Gasteiger partial charge >= 0.3 is 5.97 Å². The molecule has 0 aromatic heterocycles. The average Bonchev–Trinajstić information content (AvgIpc) is 2.57. The maximum absolute atomic E-state index is 12.2. The van der Waals surface area contributed by atoms with Gasteiger partial charge in [0, 0.05) is 6.42 Å². The second-order valence-electron chi connectivity index (χ2n) is 4.74. The summed E-state index contributed by atoms with van der Waals surface area (Å²) in [6.45, 7) is 4.21. The van der Waals surface area contributed by atoms with E-state index in [1.54, 1.807) is 55.5 Å². The molecule has 0 unspecified atom stereocenters. The minimum atomic E-state index is -0.494. The first kappa shape index (κ1) is 16.5. The number of para-hydroxylation sites is 2. The number of anilines is 1. The van der Waals surface area contributed by atoms with Crippen LogP contribution in [0.4, 0.5) is 5.69 Å². The molecule has 0 saturated heterocycles. The fourth-order valence-electron chi connectivity index (χ4n) is 1.91. The Morgan fingerprint density at radius 2 is 1.70 bits per heavy atom. The van der Waals surface area contributed by atoms with Crippen LogP contribution in [0, 0.1) is 0 Å². The standard InChI is InChI=1S/C18H19NO4/c1-3-17(20)19-15-7-5-6-8-16(15)23-18(21)13-9-11-14(12-10-13)22-4-2/h5-12H,3-4H2,1-2H3,(H,19,20). The van der Waals surface area contributed by atoms with Crippen LogP contribution < -0.4 is 14.8 Å². The fraction of sp³-hybridized carbons (Fsp3) is 0.222. The second kappa shape index (κ2) is 7.98. The van der Waals surface area contributed by atoms with E-state index in [1.165, 1.54) is 0 Å². The van der Waals surface area contributed by atoms with Crippen molar-refractivity contribution in [3.05, 3.63) is 54.1 Å². The van der Waals surface area contributed by atoms with Crippen LogP contribution in [0.25, 0.3) is 0 Å². The summed E-state index contributed by atoms with van der Waals surface area (Å²) in [6, 6.07) is 13.5. The average molecular weight is 313 g/mol. The van der Waals surface area contributed by atoms with Crippen LogP contribution >= 0.6 is 0 Å². The zero-order valence-corrected chi connectivity index (χ0v) is 13.2. The molecule has 0 saturated carbocycles. The molecular formula is C18H19NO4. The van der Waals surface area contributed by atoms with Gasteiger partial charge in [-0.3, -0.25) is 4.79 Å². The third-order valence-corrected chi connectivity index (χ3v) is 3.09. The summed E-state index contributed by atoms with van der Waals surface area (Å²) < 4.78 is 10.7. The lowest BCUT2D eigenvalue weighted by molar-refractivity contribution is -0.115. The molecule has 1 amide bonds. The summed E-state index contributed by atoms with van der Waals surface area (Å²) in [5, 5.41) is 2.71. The Bertz CT molecular complexity index is 680. The lowest BCUT2D eigenvalue weighted by Gasteiger charge is -2.11. The van der Waals surface area contributed by atoms with Gasteiger partial charge in [0.25, 0.3) is 0 Å². The number of esters is 1. The van der Waals surface area contributed by atoms with E-state index in [9.17, 15) is 9.59 Å². The third-order valence-electron chi connectivity index (χ3n) is 3.09. The van der Waals surface area contributed by atoms with E-state index in [1.807, 2.05) is 6.92 Å². The lowest BCUT2D eigenvalue weighted by atomic mass is 10.2. The van der Waals surface area contributed by atoms with Crippen molar-refractivity contribution in [3.8, 4) is 11.5 Å². The number of carbonyl (C=O) groups is 2. The second-order valence-corrected chi connectivity index (χ2v) is 4.74. The van der Waals surface area contributed by atoms with E-state index in [0.717, 1.165) is 0 Å². The molecule has 1 N–H and O–H groups in total. The van der Waals surface area contributed by atoms with E-state index in [0.29, 0.717) is 35.8 Å². The predicted molar refractivity (Wildman–Crippen MR) is 87.9 cm³/mol. The van der Waals surface area contributed by atoms with Gasteiger partial charge in [0.2, 0.25) is 5.91 Å². The van der Waals surface area contributed by atoms with Crippen molar-refractivity contribution in [1.82, 2.24) is 0 Å². The van der Waals surface area contributed by atoms with Gasteiger partial charge in [-0.25, -0.2) is 4.79 Å². The number of rotatable bonds is 6. The highest BCUT2D eigenvalue weighted by molar-refractivity contribution is 5.95. The largest absolute Gasteiger partial charge is 0.494 e. The van der Waals surface area contributed by atoms with E-state index in [2.05, 4.69) is 5.32 Å². The van der Waals surface area contributed by atoms with Gasteiger partial charge in [0.1, 0.15) is 5.75 Å². The van der Waals surface area contributed by atoms with Gasteiger partial charge in [-0.2, -0.15) is 0 Å². The Kier molecular flexibility index (Phi) is 5.74. The molecule has 2 rings (SSSR count). The maximum atomic E-state index is 12.2. The molecule has 5 heteroatoms. The zero-order valence-electron chi connectivity index (χ0n) is 13.2. The van der Waals surface area contributed by atoms with Crippen LogP contribution in [-0.2, 0) is 4.79 Å². The monoisotopic (exact) mass is 313 g/mol. The summed E-state index contributed by atoms with van der Waals surface area (Å²) in [7, 11) is 0. The lowest BCUT2D eigenvalue weighted by Crippen LogP contribution is -2.13. The molecule has 0 heterocycles. The van der Waals surface area contributed by atoms with Crippen molar-refractivity contribution < 1.29 is 19.1 Å². The molecule has 5 nitrogen and oxygen atoms in total. The molecule has 0 bridgehead atoms. The summed E-state index contributed by atoms with van der Waals surface area (Å²) in [5.41, 5.74) is 0.878. The van der Waals surface area contributed by atoms with Crippen molar-refractivity contribution in [3.63, 3.8) is 0 Å². The highest BCUT2D eigenvalue weighted by atomic mass is 16.5. The molecule has 23 heavy (non-hydrogen) atoms. The van der Waals surface area contributed by atoms with Crippen molar-refractivity contribution in [2.45, 2.75) is 20.3 Å². The summed E-state index contributed by atoms with van der Waals surface area (Å²) in [4.78, 5) is 23.7. The summed E-state index contributed by atoms with van der Waals surface area (Å²) in [6.07, 6.45) is 0.348. The van der Waals surface area contributed by atoms with Gasteiger partial charge in [0.15, 0.2) is 5.75 Å². The predicted octanol–water partition coefficient (Wildman–Crippen LogP) is 3.65. The maximum Gasteiger partial charge on any atom is 0.343 e. The normalized spacial score (nSPS) is 10.0. The first-order chi connectivity index (χ1) is 11.1. The zero-order chi connectivity index (χ0) is 16.7. The Balaban J connectivity index is 2.12. The molecule has 0 aliphatic heterocycles. The summed E-state index contributed by atoms with van der Waals surface area (Å²) in [5.74, 6) is 0.369. The van der Waals surface area contributed by atoms with Crippen molar-refractivity contribution >= 4 is 17.6 Å². The van der Waals surface area contributed by atoms with Gasteiger partial charge in [0.05, 0.1) is 17.9 Å². The van der Waals surface area contributed by atoms with Crippen LogP contribution in [0.1, 0.15) is 30.6 Å². The van der Waals surface area contributed by atoms with E-state index >= 15 is 0 Å². The number of amides is 1. The van der Waals surface area contributed by atoms with Crippen molar-refractivity contribution in [2.24, 2.45) is 0 Å². The first-order valence-corrected chi connectivity index (χ1v) is 7.48. The van der Waals surface area contributed by atoms with Gasteiger partial charge in [-0.15, -0.1) is 0 Å². The highest BCUT2D eigenvalue weighted by Crippen LogP contribution is 2.25. The quantitative estimate of drug-likeness (QED) is 0.653. The van der Waals surface area contributed by atoms with Crippen LogP contribution in [0.3, 0.4) is 0 Å². The molecule has 0 aliphatic rings. The Hall–Kier alpha value is -2.82. The number of benzene rings is 2. The molecule has 2 aromatic rings. The first-order valence-electron chi connectivity index (χ1n) is 7.48. The van der Waals surface area contributed by atoms with Crippen LogP contribution in [0.15, 0.2) is 48.5 Å². The highest BCUT2D eigenvalue weighted by Gasteiger charge is 2.12. The van der Waals surface area contributed by atoms with E-state index in [4.69, 9.17) is 9.47 Å². The number of hydrogen-bond acceptors (Lipinski definition) is 4. The van der Waals surface area contributed by atoms with Crippen molar-refractivity contribution in [2.75, 3.05) is 11.9 Å². The smallest absolute Gasteiger partial charge is 0.343 e. The topological polar surface area (TPSA) is 64.6 Å². The molecule has 0 aliphatic carbocycles. The number of nitrogens with one attached hydrogen (secondary N) is 1. The number of carbonyl (C=O) groups excluding carboxylic acids is 2. The molecule has 0 atom stereocenters. The Morgan fingerprint density at radius 1 is 1.00 bits per heavy atom. The third kappa shape index (κ3) is 4.57. The van der Waals surface area contributed by atoms with Crippen LogP contribution in [-0.4, -0.2) is 18.5 Å². The van der Waals surface area contributed by atoms with Crippen LogP contribution in [0.2, 0.25) is 0 Å². The van der Waals surface area contributed by atoms with E-state index in [-0.39, 0.29) is 5.91 Å². The molecule has 0 radical (unpaired) electrons. The van der Waals surface area contributed by atoms with Crippen LogP contribution in [0.5, 0.6) is 11.5 Å². The minimum Gasteiger partial charge on any atom is -0.494 e. The summed E-state index contributed by atoms with van der Waals surface area (Å²) >= 11 is 0. The van der Waals surface area contributed by atoms with Gasteiger partial charge < -0.3 is 14.8 Å². The molecule has 2 aromatic carbocycles. The molecule has 0 fully saturated rings. The molecule has 0 spiro atoms. The Morgan fingerprint density at radius 3 is 2.35 bits per heavy atom. The van der Waals surface area contributed by atoms with Gasteiger partial charge in [-0.05, 0) is 43.3 Å². The fourth-order valence-corrected chi connectivity index (χ4v) is 1.91. The van der Waals surface area contributed by atoms with Crippen molar-refractivity contribution in [1.29, 1.82) is 0 Å². The van der Waals surface area contributed by atoms with Gasteiger partial charge in [-0.1, -0.05) is 19.1 Å². The molecule has 120 valence electrons. The number of ether oxygens (including phenoxy) is 2. The Labute approximate surface area is 135 Å². The molecular weight excluding hydrogens is 294 g/mol.